The van der Waals surface area contributed by atoms with Crippen LogP contribution in [0.3, 0.4) is 0 Å². The van der Waals surface area contributed by atoms with E-state index in [2.05, 4.69) is 15.5 Å². The van der Waals surface area contributed by atoms with Gasteiger partial charge in [0.1, 0.15) is 39.6 Å². The Kier molecular flexibility index (Phi) is 10.1. The fraction of sp³-hybridized carbons (Fsp3) is 0.500. The van der Waals surface area contributed by atoms with Crippen molar-refractivity contribution in [1.29, 1.82) is 0 Å². The predicted octanol–water partition coefficient (Wildman–Crippen LogP) is 3.70. The first-order chi connectivity index (χ1) is 20.8. The number of benzene rings is 1. The van der Waals surface area contributed by atoms with Gasteiger partial charge in [-0.2, -0.15) is 10.2 Å². The van der Waals surface area contributed by atoms with Gasteiger partial charge in [-0.3, -0.25) is 14.2 Å². The Morgan fingerprint density at radius 3 is 2.41 bits per heavy atom. The number of hydrogen-bond acceptors (Lipinski definition) is 9. The number of aryl methyl sites for hydroxylation is 1. The first-order valence-electron chi connectivity index (χ1n) is 14.3. The highest BCUT2D eigenvalue weighted by molar-refractivity contribution is 7.21. The minimum Gasteiger partial charge on any atom is -0.491 e. The van der Waals surface area contributed by atoms with Crippen molar-refractivity contribution in [3.05, 3.63) is 68.4 Å². The molecule has 1 aromatic carbocycles. The molecule has 0 saturated carbocycles. The van der Waals surface area contributed by atoms with Crippen LogP contribution < -0.4 is 21.3 Å². The first kappa shape index (κ1) is 33.0. The number of hydrogen-bond donors (Lipinski definition) is 1. The SMILES string of the molecule is COCCOc1ccc(F)cc1C(Cn1c(=O)n(C(C)(C)C(=O)NC(C)C)c(=O)c2c(C)c(-n3nccn3)sc21)OC(C)C. The number of fused-ring (bicyclic) bond motifs is 1. The third-order valence-corrected chi connectivity index (χ3v) is 8.25. The molecular formula is C30H39FN6O6S. The van der Waals surface area contributed by atoms with Crippen molar-refractivity contribution >= 4 is 27.5 Å². The zero-order chi connectivity index (χ0) is 32.3. The van der Waals surface area contributed by atoms with Crippen LogP contribution >= 0.6 is 11.3 Å². The van der Waals surface area contributed by atoms with Gasteiger partial charge in [0.2, 0.25) is 5.91 Å². The van der Waals surface area contributed by atoms with Crippen molar-refractivity contribution in [1.82, 2.24) is 29.4 Å². The second-order valence-electron chi connectivity index (χ2n) is 11.4. The van der Waals surface area contributed by atoms with Crippen molar-refractivity contribution in [2.24, 2.45) is 0 Å². The minimum absolute atomic E-state index is 0.119. The molecule has 0 spiro atoms. The van der Waals surface area contributed by atoms with Gasteiger partial charge in [-0.15, -0.1) is 4.80 Å². The summed E-state index contributed by atoms with van der Waals surface area (Å²) in [5.74, 6) is -0.634. The van der Waals surface area contributed by atoms with E-state index in [1.54, 1.807) is 27.9 Å². The maximum Gasteiger partial charge on any atom is 0.333 e. The van der Waals surface area contributed by atoms with Crippen molar-refractivity contribution in [2.75, 3.05) is 20.3 Å². The molecule has 0 saturated heterocycles. The monoisotopic (exact) mass is 630 g/mol. The van der Waals surface area contributed by atoms with Crippen LogP contribution in [0.1, 0.15) is 58.8 Å². The van der Waals surface area contributed by atoms with Crippen molar-refractivity contribution < 1.29 is 23.4 Å². The lowest BCUT2D eigenvalue weighted by molar-refractivity contribution is -0.129. The van der Waals surface area contributed by atoms with E-state index in [0.29, 0.717) is 33.3 Å². The molecule has 1 unspecified atom stereocenters. The quantitative estimate of drug-likeness (QED) is 0.221. The van der Waals surface area contributed by atoms with E-state index in [-0.39, 0.29) is 30.7 Å². The normalized spacial score (nSPS) is 12.8. The molecule has 0 aliphatic carbocycles. The van der Waals surface area contributed by atoms with Gasteiger partial charge >= 0.3 is 5.69 Å². The number of thiophene rings is 1. The molecule has 0 bridgehead atoms. The largest absolute Gasteiger partial charge is 0.491 e. The zero-order valence-corrected chi connectivity index (χ0v) is 27.0. The van der Waals surface area contributed by atoms with Gasteiger partial charge in [-0.1, -0.05) is 11.3 Å². The van der Waals surface area contributed by atoms with E-state index in [4.69, 9.17) is 14.2 Å². The van der Waals surface area contributed by atoms with E-state index in [0.717, 1.165) is 15.9 Å². The van der Waals surface area contributed by atoms with E-state index >= 15 is 0 Å². The lowest BCUT2D eigenvalue weighted by Crippen LogP contribution is -2.56. The molecule has 0 radical (unpaired) electrons. The van der Waals surface area contributed by atoms with Crippen LogP contribution in [0.2, 0.25) is 0 Å². The summed E-state index contributed by atoms with van der Waals surface area (Å²) in [6.45, 7) is 12.4. The van der Waals surface area contributed by atoms with Crippen LogP contribution in [0.5, 0.6) is 5.75 Å². The summed E-state index contributed by atoms with van der Waals surface area (Å²) >= 11 is 1.16. The van der Waals surface area contributed by atoms with Crippen LogP contribution in [0.4, 0.5) is 4.39 Å². The number of carbonyl (C=O) groups excluding carboxylic acids is 1. The molecule has 4 aromatic rings. The van der Waals surface area contributed by atoms with Gasteiger partial charge < -0.3 is 19.5 Å². The molecule has 4 rings (SSSR count). The van der Waals surface area contributed by atoms with Gasteiger partial charge in [-0.05, 0) is 66.7 Å². The van der Waals surface area contributed by atoms with Crippen LogP contribution in [0, 0.1) is 12.7 Å². The molecule has 1 N–H and O–H groups in total. The fourth-order valence-corrected chi connectivity index (χ4v) is 6.11. The number of nitrogens with zero attached hydrogens (tertiary/aromatic N) is 5. The van der Waals surface area contributed by atoms with Crippen LogP contribution in [-0.2, 0) is 26.4 Å². The average Bonchev–Trinajstić information content (AvgIpc) is 3.59. The standard InChI is InChI=1S/C30H39FN6O6S/c1-17(2)34-28(39)30(6,7)36-25(38)24-19(5)26(37-32-11-12-33-37)44-27(24)35(29(36)40)16-23(43-18(3)4)21-15-20(31)9-10-22(21)42-14-13-41-8/h9-12,15,17-18,23H,13-14,16H2,1-8H3,(H,34,39). The van der Waals surface area contributed by atoms with Crippen LogP contribution in [-0.4, -0.2) is 62.5 Å². The Labute approximate surface area is 258 Å². The molecule has 0 fully saturated rings. The van der Waals surface area contributed by atoms with E-state index in [1.807, 2.05) is 13.8 Å². The van der Waals surface area contributed by atoms with Crippen molar-refractivity contribution in [3.8, 4) is 10.8 Å². The molecule has 238 valence electrons. The molecule has 0 aliphatic rings. The summed E-state index contributed by atoms with van der Waals surface area (Å²) < 4.78 is 34.3. The van der Waals surface area contributed by atoms with E-state index < -0.39 is 34.6 Å². The van der Waals surface area contributed by atoms with Crippen LogP contribution in [0.25, 0.3) is 15.2 Å². The maximum absolute atomic E-state index is 14.7. The Morgan fingerprint density at radius 2 is 1.80 bits per heavy atom. The highest BCUT2D eigenvalue weighted by Crippen LogP contribution is 2.35. The third-order valence-electron chi connectivity index (χ3n) is 6.97. The molecule has 3 aromatic heterocycles. The summed E-state index contributed by atoms with van der Waals surface area (Å²) in [5, 5.41) is 12.0. The molecule has 12 nitrogen and oxygen atoms in total. The Bertz CT molecular complexity index is 1740. The number of nitrogens with one attached hydrogen (secondary N) is 1. The highest BCUT2D eigenvalue weighted by atomic mass is 32.1. The average molecular weight is 631 g/mol. The lowest BCUT2D eigenvalue weighted by Gasteiger charge is -2.29. The minimum atomic E-state index is -1.56. The molecule has 1 atom stereocenters. The maximum atomic E-state index is 14.7. The zero-order valence-electron chi connectivity index (χ0n) is 26.2. The van der Waals surface area contributed by atoms with Crippen molar-refractivity contribution in [2.45, 2.75) is 78.8 Å². The molecule has 1 amide bonds. The second kappa shape index (κ2) is 13.4. The number of amides is 1. The first-order valence-corrected chi connectivity index (χ1v) is 15.1. The highest BCUT2D eigenvalue weighted by Gasteiger charge is 2.36. The summed E-state index contributed by atoms with van der Waals surface area (Å²) in [6.07, 6.45) is 1.82. The third kappa shape index (κ3) is 6.61. The van der Waals surface area contributed by atoms with Gasteiger partial charge in [0, 0.05) is 24.3 Å². The Balaban J connectivity index is 2.01. The topological polar surface area (TPSA) is 132 Å². The molecule has 44 heavy (non-hydrogen) atoms. The Morgan fingerprint density at radius 1 is 1.11 bits per heavy atom. The molecule has 0 aliphatic heterocycles. The summed E-state index contributed by atoms with van der Waals surface area (Å²) in [4.78, 5) is 43.6. The van der Waals surface area contributed by atoms with Gasteiger partial charge in [0.15, 0.2) is 0 Å². The molecule has 14 heteroatoms. The van der Waals surface area contributed by atoms with Gasteiger partial charge in [-0.25, -0.2) is 13.8 Å². The predicted molar refractivity (Wildman–Crippen MR) is 165 cm³/mol. The number of methoxy groups -OCH3 is 1. The summed E-state index contributed by atoms with van der Waals surface area (Å²) in [7, 11) is 1.55. The summed E-state index contributed by atoms with van der Waals surface area (Å²) in [6, 6.07) is 3.88. The molecular weight excluding hydrogens is 591 g/mol. The van der Waals surface area contributed by atoms with Gasteiger partial charge in [0.05, 0.1) is 37.0 Å². The van der Waals surface area contributed by atoms with Crippen molar-refractivity contribution in [3.63, 3.8) is 0 Å². The number of rotatable bonds is 13. The number of halogens is 1. The summed E-state index contributed by atoms with van der Waals surface area (Å²) in [5.41, 5.74) is -1.97. The lowest BCUT2D eigenvalue weighted by atomic mass is 10.0. The smallest absolute Gasteiger partial charge is 0.333 e. The Hall–Kier alpha value is -3.88. The van der Waals surface area contributed by atoms with E-state index in [9.17, 15) is 18.8 Å². The number of aromatic nitrogens is 5. The van der Waals surface area contributed by atoms with E-state index in [1.165, 1.54) is 53.8 Å². The van der Waals surface area contributed by atoms with Crippen LogP contribution in [0.15, 0.2) is 40.2 Å². The second-order valence-corrected chi connectivity index (χ2v) is 12.4. The molecule has 3 heterocycles. The fourth-order valence-electron chi connectivity index (χ4n) is 4.89. The number of ether oxygens (including phenoxy) is 3. The van der Waals surface area contributed by atoms with Gasteiger partial charge in [0.25, 0.3) is 5.56 Å². The number of carbonyl (C=O) groups is 1.